The van der Waals surface area contributed by atoms with Gasteiger partial charge in [-0.25, -0.2) is 4.39 Å². The number of carbonyl (C=O) groups excluding carboxylic acids is 1. The van der Waals surface area contributed by atoms with E-state index in [1.165, 1.54) is 28.3 Å². The fourth-order valence-electron chi connectivity index (χ4n) is 3.37. The van der Waals surface area contributed by atoms with Crippen LogP contribution in [0.1, 0.15) is 53.6 Å². The van der Waals surface area contributed by atoms with E-state index in [2.05, 4.69) is 20.8 Å². The highest BCUT2D eigenvalue weighted by molar-refractivity contribution is 7.16. The molecule has 122 valence electrons. The maximum Gasteiger partial charge on any atom is 0.196 e. The minimum Gasteiger partial charge on any atom is -0.390 e. The Morgan fingerprint density at radius 2 is 2.09 bits per heavy atom. The van der Waals surface area contributed by atoms with Crippen molar-refractivity contribution in [2.45, 2.75) is 40.0 Å². The van der Waals surface area contributed by atoms with Crippen LogP contribution < -0.4 is 5.73 Å². The van der Waals surface area contributed by atoms with E-state index in [-0.39, 0.29) is 11.2 Å². The van der Waals surface area contributed by atoms with E-state index < -0.39 is 5.82 Å². The van der Waals surface area contributed by atoms with Gasteiger partial charge in [0.05, 0.1) is 10.6 Å². The fraction of sp³-hybridized carbons (Fsp3) is 0.421. The van der Waals surface area contributed by atoms with Crippen LogP contribution in [0.25, 0.3) is 0 Å². The molecule has 23 heavy (non-hydrogen) atoms. The van der Waals surface area contributed by atoms with Gasteiger partial charge >= 0.3 is 0 Å². The number of hydrogen-bond acceptors (Lipinski definition) is 3. The second-order valence-corrected chi connectivity index (χ2v) is 8.53. The molecule has 0 aliphatic heterocycles. The van der Waals surface area contributed by atoms with Crippen LogP contribution in [-0.2, 0) is 12.8 Å². The molecule has 0 fully saturated rings. The van der Waals surface area contributed by atoms with Crippen LogP contribution in [0.2, 0.25) is 0 Å². The van der Waals surface area contributed by atoms with E-state index in [9.17, 15) is 9.18 Å². The van der Waals surface area contributed by atoms with Gasteiger partial charge in [0.2, 0.25) is 0 Å². The van der Waals surface area contributed by atoms with Gasteiger partial charge in [-0.15, -0.1) is 11.3 Å². The highest BCUT2D eigenvalue weighted by atomic mass is 32.1. The van der Waals surface area contributed by atoms with Gasteiger partial charge in [0, 0.05) is 10.4 Å². The molecule has 4 heteroatoms. The summed E-state index contributed by atoms with van der Waals surface area (Å²) in [6, 6.07) is 5.84. The Kier molecular flexibility index (Phi) is 4.05. The van der Waals surface area contributed by atoms with Crippen LogP contribution in [0.3, 0.4) is 0 Å². The van der Waals surface area contributed by atoms with Crippen molar-refractivity contribution in [2.24, 2.45) is 11.3 Å². The topological polar surface area (TPSA) is 43.1 Å². The predicted molar refractivity (Wildman–Crippen MR) is 93.5 cm³/mol. The van der Waals surface area contributed by atoms with E-state index >= 15 is 0 Å². The zero-order valence-electron chi connectivity index (χ0n) is 13.8. The number of carbonyl (C=O) groups is 1. The number of nitrogen functional groups attached to an aromatic ring is 1. The number of halogens is 1. The Bertz CT molecular complexity index is 757. The summed E-state index contributed by atoms with van der Waals surface area (Å²) in [5.41, 5.74) is 8.46. The molecule has 1 aliphatic rings. The Labute approximate surface area is 140 Å². The molecule has 2 aromatic rings. The van der Waals surface area contributed by atoms with Crippen molar-refractivity contribution in [3.63, 3.8) is 0 Å². The highest BCUT2D eigenvalue weighted by Crippen LogP contribution is 2.43. The molecular formula is C19H22FNOS. The molecule has 1 heterocycles. The maximum absolute atomic E-state index is 13.4. The molecule has 0 spiro atoms. The average molecular weight is 331 g/mol. The lowest BCUT2D eigenvalue weighted by Gasteiger charge is -2.33. The first-order valence-electron chi connectivity index (χ1n) is 7.97. The van der Waals surface area contributed by atoms with Gasteiger partial charge in [-0.1, -0.05) is 32.9 Å². The van der Waals surface area contributed by atoms with E-state index in [4.69, 9.17) is 5.73 Å². The molecule has 1 atom stereocenters. The smallest absolute Gasteiger partial charge is 0.196 e. The second kappa shape index (κ2) is 5.75. The maximum atomic E-state index is 13.4. The summed E-state index contributed by atoms with van der Waals surface area (Å²) in [4.78, 5) is 14.0. The van der Waals surface area contributed by atoms with Gasteiger partial charge in [-0.05, 0) is 48.3 Å². The number of thiophene rings is 1. The summed E-state index contributed by atoms with van der Waals surface area (Å²) in [7, 11) is 0. The third-order valence-corrected chi connectivity index (χ3v) is 5.91. The lowest BCUT2D eigenvalue weighted by molar-refractivity contribution is 0.103. The van der Waals surface area contributed by atoms with Crippen LogP contribution in [0.15, 0.2) is 24.3 Å². The molecule has 3 rings (SSSR count). The van der Waals surface area contributed by atoms with Crippen molar-refractivity contribution in [3.8, 4) is 0 Å². The van der Waals surface area contributed by atoms with Crippen LogP contribution in [0, 0.1) is 17.2 Å². The molecule has 1 aromatic heterocycles. The number of rotatable bonds is 2. The Balaban J connectivity index is 1.97. The molecule has 2 N–H and O–H groups in total. The van der Waals surface area contributed by atoms with Gasteiger partial charge in [0.1, 0.15) is 5.82 Å². The molecule has 2 nitrogen and oxygen atoms in total. The number of anilines is 1. The third kappa shape index (κ3) is 3.05. The lowest BCUT2D eigenvalue weighted by Crippen LogP contribution is -2.26. The fourth-order valence-corrected chi connectivity index (χ4v) is 4.56. The summed E-state index contributed by atoms with van der Waals surface area (Å²) in [6.45, 7) is 6.79. The first kappa shape index (κ1) is 16.2. The molecule has 0 saturated heterocycles. The zero-order chi connectivity index (χ0) is 16.8. The molecule has 0 bridgehead atoms. The minimum atomic E-state index is -0.397. The van der Waals surface area contributed by atoms with Crippen LogP contribution in [-0.4, -0.2) is 5.78 Å². The second-order valence-electron chi connectivity index (χ2n) is 7.39. The average Bonchev–Trinajstić information content (AvgIpc) is 2.80. The third-order valence-electron chi connectivity index (χ3n) is 4.83. The van der Waals surface area contributed by atoms with Gasteiger partial charge in [-0.2, -0.15) is 0 Å². The molecule has 0 unspecified atom stereocenters. The largest absolute Gasteiger partial charge is 0.390 e. The Hall–Kier alpha value is -1.68. The SMILES string of the molecule is CC(C)(C)[C@H]1CCc2c(sc(N)c2C(=O)c2cccc(F)c2)C1. The van der Waals surface area contributed by atoms with E-state index in [0.717, 1.165) is 24.8 Å². The standard InChI is InChI=1S/C19H22FNOS/c1-19(2,3)12-7-8-14-15(10-12)23-18(21)16(14)17(22)11-5-4-6-13(20)9-11/h4-6,9,12H,7-8,10,21H2,1-3H3/t12-/m0/s1. The predicted octanol–water partition coefficient (Wildman–Crippen LogP) is 4.85. The first-order chi connectivity index (χ1) is 10.8. The molecule has 1 aromatic carbocycles. The van der Waals surface area contributed by atoms with E-state index in [1.807, 2.05) is 0 Å². The van der Waals surface area contributed by atoms with Crippen LogP contribution >= 0.6 is 11.3 Å². The van der Waals surface area contributed by atoms with Crippen molar-refractivity contribution in [3.05, 3.63) is 51.7 Å². The zero-order valence-corrected chi connectivity index (χ0v) is 14.6. The highest BCUT2D eigenvalue weighted by Gasteiger charge is 2.33. The summed E-state index contributed by atoms with van der Waals surface area (Å²) in [6.07, 6.45) is 2.92. The molecule has 0 saturated carbocycles. The van der Waals surface area contributed by atoms with Crippen LogP contribution in [0.5, 0.6) is 0 Å². The van der Waals surface area contributed by atoms with Crippen LogP contribution in [0.4, 0.5) is 9.39 Å². The van der Waals surface area contributed by atoms with Crippen molar-refractivity contribution in [1.29, 1.82) is 0 Å². The van der Waals surface area contributed by atoms with E-state index in [0.29, 0.717) is 22.0 Å². The van der Waals surface area contributed by atoms with Crippen molar-refractivity contribution < 1.29 is 9.18 Å². The van der Waals surface area contributed by atoms with Gasteiger partial charge < -0.3 is 5.73 Å². The number of ketones is 1. The van der Waals surface area contributed by atoms with Crippen molar-refractivity contribution in [1.82, 2.24) is 0 Å². The van der Waals surface area contributed by atoms with Gasteiger partial charge in [0.15, 0.2) is 5.78 Å². The van der Waals surface area contributed by atoms with Gasteiger partial charge in [-0.3, -0.25) is 4.79 Å². The van der Waals surface area contributed by atoms with E-state index in [1.54, 1.807) is 12.1 Å². The Morgan fingerprint density at radius 1 is 1.35 bits per heavy atom. The number of fused-ring (bicyclic) bond motifs is 1. The van der Waals surface area contributed by atoms with Crippen molar-refractivity contribution in [2.75, 3.05) is 5.73 Å². The Morgan fingerprint density at radius 3 is 2.74 bits per heavy atom. The summed E-state index contributed by atoms with van der Waals surface area (Å²) in [5, 5.41) is 0.568. The minimum absolute atomic E-state index is 0.159. The first-order valence-corrected chi connectivity index (χ1v) is 8.79. The monoisotopic (exact) mass is 331 g/mol. The summed E-state index contributed by atoms with van der Waals surface area (Å²) in [5.74, 6) is 0.0465. The molecular weight excluding hydrogens is 309 g/mol. The number of benzene rings is 1. The molecule has 0 amide bonds. The number of nitrogens with two attached hydrogens (primary N) is 1. The summed E-state index contributed by atoms with van der Waals surface area (Å²) >= 11 is 1.53. The quantitative estimate of drug-likeness (QED) is 0.799. The van der Waals surface area contributed by atoms with Crippen molar-refractivity contribution >= 4 is 22.1 Å². The normalized spacial score (nSPS) is 17.8. The molecule has 0 radical (unpaired) electrons. The lowest BCUT2D eigenvalue weighted by atomic mass is 9.72. The number of hydrogen-bond donors (Lipinski definition) is 1. The van der Waals surface area contributed by atoms with Gasteiger partial charge in [0.25, 0.3) is 0 Å². The summed E-state index contributed by atoms with van der Waals surface area (Å²) < 4.78 is 13.4. The molecule has 1 aliphatic carbocycles.